The van der Waals surface area contributed by atoms with Crippen LogP contribution in [0.25, 0.3) is 0 Å². The quantitative estimate of drug-likeness (QED) is 0.487. The van der Waals surface area contributed by atoms with Crippen molar-refractivity contribution in [3.8, 4) is 0 Å². The molecule has 1 nitrogen and oxygen atoms in total. The Hall–Kier alpha value is -0.0400. The van der Waals surface area contributed by atoms with E-state index < -0.39 is 0 Å². The third-order valence-electron chi connectivity index (χ3n) is 5.55. The lowest BCUT2D eigenvalue weighted by Crippen LogP contribution is -2.24. The average Bonchev–Trinajstić information content (AvgIpc) is 2.52. The Morgan fingerprint density at radius 1 is 0.750 bits per heavy atom. The zero-order valence-corrected chi connectivity index (χ0v) is 13.7. The lowest BCUT2D eigenvalue weighted by atomic mass is 9.80. The first-order valence-electron chi connectivity index (χ1n) is 9.50. The molecule has 2 aliphatic rings. The van der Waals surface area contributed by atoms with Crippen LogP contribution in [-0.2, 0) is 4.74 Å². The van der Waals surface area contributed by atoms with Crippen molar-refractivity contribution in [2.24, 2.45) is 11.8 Å². The highest BCUT2D eigenvalue weighted by Gasteiger charge is 2.22. The van der Waals surface area contributed by atoms with E-state index in [1.807, 2.05) is 0 Å². The minimum absolute atomic E-state index is 0.607. The lowest BCUT2D eigenvalue weighted by molar-refractivity contribution is -0.00207. The molecular formula is C19H36O. The molecule has 0 radical (unpaired) electrons. The van der Waals surface area contributed by atoms with E-state index in [0.717, 1.165) is 18.4 Å². The average molecular weight is 280 g/mol. The number of unbranched alkanes of at least 4 members (excludes halogenated alkanes) is 3. The van der Waals surface area contributed by atoms with E-state index in [4.69, 9.17) is 4.74 Å². The number of hydrogen-bond donors (Lipinski definition) is 0. The SMILES string of the molecule is CCCCCCC1CCC(COC2CCCCC2)CC1. The van der Waals surface area contributed by atoms with Crippen LogP contribution in [0.15, 0.2) is 0 Å². The molecular weight excluding hydrogens is 244 g/mol. The van der Waals surface area contributed by atoms with E-state index in [2.05, 4.69) is 6.92 Å². The summed E-state index contributed by atoms with van der Waals surface area (Å²) >= 11 is 0. The molecule has 0 saturated heterocycles. The summed E-state index contributed by atoms with van der Waals surface area (Å²) in [5, 5.41) is 0. The van der Waals surface area contributed by atoms with Gasteiger partial charge in [-0.25, -0.2) is 0 Å². The molecule has 0 aromatic carbocycles. The second-order valence-corrected chi connectivity index (χ2v) is 7.33. The number of rotatable bonds is 8. The van der Waals surface area contributed by atoms with Gasteiger partial charge in [-0.3, -0.25) is 0 Å². The fourth-order valence-corrected chi connectivity index (χ4v) is 4.05. The predicted molar refractivity (Wildman–Crippen MR) is 87.0 cm³/mol. The summed E-state index contributed by atoms with van der Waals surface area (Å²) in [4.78, 5) is 0. The summed E-state index contributed by atoms with van der Waals surface area (Å²) in [6.07, 6.45) is 20.5. The van der Waals surface area contributed by atoms with Crippen LogP contribution in [0.3, 0.4) is 0 Å². The molecule has 0 unspecified atom stereocenters. The van der Waals surface area contributed by atoms with E-state index in [0.29, 0.717) is 6.10 Å². The van der Waals surface area contributed by atoms with Crippen LogP contribution in [0.4, 0.5) is 0 Å². The normalized spacial score (nSPS) is 28.6. The minimum Gasteiger partial charge on any atom is -0.378 e. The van der Waals surface area contributed by atoms with Gasteiger partial charge in [-0.05, 0) is 37.5 Å². The van der Waals surface area contributed by atoms with E-state index in [1.165, 1.54) is 89.9 Å². The molecule has 0 spiro atoms. The Balaban J connectivity index is 1.50. The first-order chi connectivity index (χ1) is 9.88. The molecule has 0 bridgehead atoms. The molecule has 0 amide bonds. The van der Waals surface area contributed by atoms with Gasteiger partial charge >= 0.3 is 0 Å². The second kappa shape index (κ2) is 9.82. The third-order valence-corrected chi connectivity index (χ3v) is 5.55. The van der Waals surface area contributed by atoms with E-state index in [1.54, 1.807) is 0 Å². The largest absolute Gasteiger partial charge is 0.378 e. The first kappa shape index (κ1) is 16.3. The van der Waals surface area contributed by atoms with E-state index in [-0.39, 0.29) is 0 Å². The zero-order valence-electron chi connectivity index (χ0n) is 13.7. The summed E-state index contributed by atoms with van der Waals surface area (Å²) in [5.41, 5.74) is 0. The fourth-order valence-electron chi connectivity index (χ4n) is 4.05. The Labute approximate surface area is 126 Å². The Kier molecular flexibility index (Phi) is 8.02. The molecule has 118 valence electrons. The van der Waals surface area contributed by atoms with Crippen LogP contribution in [-0.4, -0.2) is 12.7 Å². The van der Waals surface area contributed by atoms with Crippen LogP contribution in [0, 0.1) is 11.8 Å². The van der Waals surface area contributed by atoms with Crippen molar-refractivity contribution >= 4 is 0 Å². The van der Waals surface area contributed by atoms with Crippen LogP contribution in [0.1, 0.15) is 96.8 Å². The molecule has 0 aliphatic heterocycles. The topological polar surface area (TPSA) is 9.23 Å². The molecule has 0 atom stereocenters. The number of hydrogen-bond acceptors (Lipinski definition) is 1. The maximum atomic E-state index is 6.17. The maximum absolute atomic E-state index is 6.17. The lowest BCUT2D eigenvalue weighted by Gasteiger charge is -2.30. The van der Waals surface area contributed by atoms with Gasteiger partial charge in [0.2, 0.25) is 0 Å². The molecule has 0 aromatic rings. The molecule has 2 fully saturated rings. The van der Waals surface area contributed by atoms with Gasteiger partial charge in [0.25, 0.3) is 0 Å². The van der Waals surface area contributed by atoms with Crippen molar-refractivity contribution < 1.29 is 4.74 Å². The van der Waals surface area contributed by atoms with Crippen molar-refractivity contribution in [1.82, 2.24) is 0 Å². The molecule has 20 heavy (non-hydrogen) atoms. The third kappa shape index (κ3) is 6.16. The molecule has 0 aromatic heterocycles. The van der Waals surface area contributed by atoms with Crippen molar-refractivity contribution in [3.05, 3.63) is 0 Å². The summed E-state index contributed by atoms with van der Waals surface area (Å²) in [6.45, 7) is 3.37. The second-order valence-electron chi connectivity index (χ2n) is 7.33. The molecule has 0 heterocycles. The van der Waals surface area contributed by atoms with Crippen molar-refractivity contribution in [2.45, 2.75) is 103 Å². The molecule has 0 N–H and O–H groups in total. The van der Waals surface area contributed by atoms with E-state index in [9.17, 15) is 0 Å². The Bertz CT molecular complexity index is 224. The highest BCUT2D eigenvalue weighted by Crippen LogP contribution is 2.33. The summed E-state index contributed by atoms with van der Waals surface area (Å²) in [7, 11) is 0. The van der Waals surface area contributed by atoms with Crippen molar-refractivity contribution in [3.63, 3.8) is 0 Å². The molecule has 2 aliphatic carbocycles. The van der Waals surface area contributed by atoms with Crippen LogP contribution >= 0.6 is 0 Å². The Morgan fingerprint density at radius 3 is 2.15 bits per heavy atom. The van der Waals surface area contributed by atoms with Crippen LogP contribution < -0.4 is 0 Å². The monoisotopic (exact) mass is 280 g/mol. The van der Waals surface area contributed by atoms with Gasteiger partial charge in [0, 0.05) is 6.61 Å². The summed E-state index contributed by atoms with van der Waals surface area (Å²) in [5.74, 6) is 1.92. The van der Waals surface area contributed by atoms with Crippen molar-refractivity contribution in [2.75, 3.05) is 6.61 Å². The van der Waals surface area contributed by atoms with Gasteiger partial charge in [0.05, 0.1) is 6.10 Å². The van der Waals surface area contributed by atoms with Crippen molar-refractivity contribution in [1.29, 1.82) is 0 Å². The first-order valence-corrected chi connectivity index (χ1v) is 9.50. The zero-order chi connectivity index (χ0) is 14.0. The van der Waals surface area contributed by atoms with Gasteiger partial charge in [0.15, 0.2) is 0 Å². The highest BCUT2D eigenvalue weighted by atomic mass is 16.5. The smallest absolute Gasteiger partial charge is 0.0575 e. The minimum atomic E-state index is 0.607. The Morgan fingerprint density at radius 2 is 1.45 bits per heavy atom. The van der Waals surface area contributed by atoms with Gasteiger partial charge in [-0.1, -0.05) is 71.1 Å². The number of ether oxygens (including phenoxy) is 1. The van der Waals surface area contributed by atoms with Crippen LogP contribution in [0.5, 0.6) is 0 Å². The predicted octanol–water partition coefficient (Wildman–Crippen LogP) is 6.11. The van der Waals surface area contributed by atoms with Gasteiger partial charge in [-0.15, -0.1) is 0 Å². The summed E-state index contributed by atoms with van der Waals surface area (Å²) < 4.78 is 6.17. The highest BCUT2D eigenvalue weighted by molar-refractivity contribution is 4.74. The molecule has 1 heteroatoms. The molecule has 2 rings (SSSR count). The fraction of sp³-hybridized carbons (Fsp3) is 1.00. The van der Waals surface area contributed by atoms with Gasteiger partial charge in [0.1, 0.15) is 0 Å². The summed E-state index contributed by atoms with van der Waals surface area (Å²) in [6, 6.07) is 0. The van der Waals surface area contributed by atoms with Gasteiger partial charge < -0.3 is 4.74 Å². The molecule has 2 saturated carbocycles. The van der Waals surface area contributed by atoms with E-state index >= 15 is 0 Å². The van der Waals surface area contributed by atoms with Crippen LogP contribution in [0.2, 0.25) is 0 Å². The standard InChI is InChI=1S/C19H36O/c1-2-3-4-6-9-17-12-14-18(15-13-17)16-20-19-10-7-5-8-11-19/h17-19H,2-16H2,1H3. The maximum Gasteiger partial charge on any atom is 0.0575 e. The van der Waals surface area contributed by atoms with Gasteiger partial charge in [-0.2, -0.15) is 0 Å².